The van der Waals surface area contributed by atoms with E-state index in [0.717, 1.165) is 18.8 Å². The molecule has 0 spiro atoms. The number of rotatable bonds is 1. The van der Waals surface area contributed by atoms with Gasteiger partial charge in [-0.3, -0.25) is 4.79 Å². The van der Waals surface area contributed by atoms with Gasteiger partial charge in [0.05, 0.1) is 6.04 Å². The van der Waals surface area contributed by atoms with Crippen molar-refractivity contribution < 1.29 is 4.79 Å². The molecule has 0 bridgehead atoms. The van der Waals surface area contributed by atoms with Crippen molar-refractivity contribution in [3.63, 3.8) is 0 Å². The van der Waals surface area contributed by atoms with Crippen LogP contribution in [0.4, 0.5) is 0 Å². The van der Waals surface area contributed by atoms with Crippen LogP contribution in [-0.2, 0) is 4.79 Å². The Labute approximate surface area is 96.8 Å². The molecule has 0 saturated carbocycles. The third-order valence-electron chi connectivity index (χ3n) is 2.75. The van der Waals surface area contributed by atoms with Gasteiger partial charge in [-0.25, -0.2) is 0 Å². The topological polar surface area (TPSA) is 46.3 Å². The Bertz CT molecular complexity index is 237. The Hall–Kier alpha value is -0.220. The first-order valence-electron chi connectivity index (χ1n) is 5.48. The fourth-order valence-corrected chi connectivity index (χ4v) is 2.60. The summed E-state index contributed by atoms with van der Waals surface area (Å²) >= 11 is 1.92. The lowest BCUT2D eigenvalue weighted by atomic mass is 9.86. The molecule has 0 radical (unpaired) electrons. The lowest BCUT2D eigenvalue weighted by molar-refractivity contribution is -0.134. The van der Waals surface area contributed by atoms with E-state index in [9.17, 15) is 4.79 Å². The van der Waals surface area contributed by atoms with Crippen LogP contribution in [0.2, 0.25) is 0 Å². The van der Waals surface area contributed by atoms with Crippen molar-refractivity contribution in [3.8, 4) is 0 Å². The summed E-state index contributed by atoms with van der Waals surface area (Å²) in [6.45, 7) is 9.88. The highest BCUT2D eigenvalue weighted by molar-refractivity contribution is 7.99. The zero-order valence-corrected chi connectivity index (χ0v) is 10.9. The largest absolute Gasteiger partial charge is 0.339 e. The van der Waals surface area contributed by atoms with Crippen molar-refractivity contribution in [1.29, 1.82) is 0 Å². The van der Waals surface area contributed by atoms with Gasteiger partial charge in [-0.15, -0.1) is 0 Å². The number of hydrogen-bond acceptors (Lipinski definition) is 3. The minimum atomic E-state index is -0.382. The number of amides is 1. The second kappa shape index (κ2) is 4.74. The number of carbonyl (C=O) groups excluding carboxylic acids is 1. The Kier molecular flexibility index (Phi) is 4.06. The molecular formula is C11H22N2OS. The lowest BCUT2D eigenvalue weighted by Gasteiger charge is -2.36. The smallest absolute Gasteiger partial charge is 0.240 e. The molecule has 2 atom stereocenters. The molecule has 1 rings (SSSR count). The van der Waals surface area contributed by atoms with Crippen LogP contribution in [-0.4, -0.2) is 40.9 Å². The van der Waals surface area contributed by atoms with Gasteiger partial charge in [0.1, 0.15) is 0 Å². The third kappa shape index (κ3) is 3.38. The molecule has 3 nitrogen and oxygen atoms in total. The van der Waals surface area contributed by atoms with Crippen molar-refractivity contribution in [1.82, 2.24) is 4.90 Å². The first kappa shape index (κ1) is 12.8. The molecule has 2 unspecified atom stereocenters. The van der Waals surface area contributed by atoms with Crippen molar-refractivity contribution >= 4 is 17.7 Å². The molecule has 1 fully saturated rings. The molecule has 2 N–H and O–H groups in total. The number of thioether (sulfide) groups is 1. The van der Waals surface area contributed by atoms with E-state index in [4.69, 9.17) is 5.73 Å². The van der Waals surface area contributed by atoms with Gasteiger partial charge in [-0.05, 0) is 5.41 Å². The molecule has 88 valence electrons. The quantitative estimate of drug-likeness (QED) is 0.739. The molecule has 1 aliphatic heterocycles. The maximum absolute atomic E-state index is 12.1. The van der Waals surface area contributed by atoms with E-state index in [0.29, 0.717) is 5.25 Å². The third-order valence-corrected chi connectivity index (χ3v) is 3.89. The van der Waals surface area contributed by atoms with Crippen LogP contribution >= 0.6 is 11.8 Å². The summed E-state index contributed by atoms with van der Waals surface area (Å²) in [5, 5.41) is 0.537. The highest BCUT2D eigenvalue weighted by atomic mass is 32.2. The van der Waals surface area contributed by atoms with Crippen LogP contribution in [0.1, 0.15) is 27.7 Å². The van der Waals surface area contributed by atoms with Crippen LogP contribution in [0.25, 0.3) is 0 Å². The van der Waals surface area contributed by atoms with E-state index in [1.165, 1.54) is 0 Å². The van der Waals surface area contributed by atoms with E-state index in [2.05, 4.69) is 6.92 Å². The van der Waals surface area contributed by atoms with Gasteiger partial charge < -0.3 is 10.6 Å². The normalized spacial score (nSPS) is 25.1. The zero-order valence-electron chi connectivity index (χ0n) is 10.1. The summed E-state index contributed by atoms with van der Waals surface area (Å²) < 4.78 is 0. The summed E-state index contributed by atoms with van der Waals surface area (Å²) in [5.74, 6) is 1.14. The fourth-order valence-electron chi connectivity index (χ4n) is 1.59. The average molecular weight is 230 g/mol. The maximum Gasteiger partial charge on any atom is 0.240 e. The van der Waals surface area contributed by atoms with Crippen LogP contribution in [0.3, 0.4) is 0 Å². The first-order chi connectivity index (χ1) is 6.82. The van der Waals surface area contributed by atoms with Crippen LogP contribution in [0, 0.1) is 5.41 Å². The predicted molar refractivity (Wildman–Crippen MR) is 65.9 cm³/mol. The molecule has 15 heavy (non-hydrogen) atoms. The molecule has 0 aromatic rings. The predicted octanol–water partition coefficient (Wildman–Crippen LogP) is 1.32. The maximum atomic E-state index is 12.1. The average Bonchev–Trinajstić information content (AvgIpc) is 2.14. The number of carbonyl (C=O) groups is 1. The molecule has 1 amide bonds. The Morgan fingerprint density at radius 3 is 2.60 bits per heavy atom. The Morgan fingerprint density at radius 2 is 2.13 bits per heavy atom. The van der Waals surface area contributed by atoms with Crippen LogP contribution in [0.5, 0.6) is 0 Å². The lowest BCUT2D eigenvalue weighted by Crippen LogP contribution is -2.53. The van der Waals surface area contributed by atoms with Crippen molar-refractivity contribution in [2.24, 2.45) is 11.1 Å². The van der Waals surface area contributed by atoms with Crippen molar-refractivity contribution in [2.75, 3.05) is 18.8 Å². The van der Waals surface area contributed by atoms with E-state index in [-0.39, 0.29) is 17.4 Å². The molecular weight excluding hydrogens is 208 g/mol. The zero-order chi connectivity index (χ0) is 11.6. The molecule has 4 heteroatoms. The fraction of sp³-hybridized carbons (Fsp3) is 0.909. The summed E-state index contributed by atoms with van der Waals surface area (Å²) in [7, 11) is 0. The van der Waals surface area contributed by atoms with Gasteiger partial charge in [-0.2, -0.15) is 11.8 Å². The minimum Gasteiger partial charge on any atom is -0.339 e. The number of nitrogens with zero attached hydrogens (tertiary/aromatic N) is 1. The van der Waals surface area contributed by atoms with Gasteiger partial charge in [0.15, 0.2) is 0 Å². The second-order valence-electron chi connectivity index (χ2n) is 5.31. The van der Waals surface area contributed by atoms with Crippen LogP contribution < -0.4 is 5.73 Å². The molecule has 0 aromatic heterocycles. The number of hydrogen-bond donors (Lipinski definition) is 1. The molecule has 1 saturated heterocycles. The van der Waals surface area contributed by atoms with Gasteiger partial charge in [-0.1, -0.05) is 27.7 Å². The Balaban J connectivity index is 2.60. The Morgan fingerprint density at radius 1 is 1.53 bits per heavy atom. The highest BCUT2D eigenvalue weighted by Gasteiger charge is 2.32. The monoisotopic (exact) mass is 230 g/mol. The summed E-state index contributed by atoms with van der Waals surface area (Å²) in [6, 6.07) is -0.382. The molecule has 0 aromatic carbocycles. The van der Waals surface area contributed by atoms with E-state index < -0.39 is 0 Å². The number of nitrogens with two attached hydrogens (primary N) is 1. The molecule has 1 aliphatic rings. The van der Waals surface area contributed by atoms with E-state index >= 15 is 0 Å². The minimum absolute atomic E-state index is 0.106. The summed E-state index contributed by atoms with van der Waals surface area (Å²) in [6.07, 6.45) is 0. The van der Waals surface area contributed by atoms with Gasteiger partial charge in [0.25, 0.3) is 0 Å². The molecule has 0 aliphatic carbocycles. The van der Waals surface area contributed by atoms with Gasteiger partial charge in [0.2, 0.25) is 5.91 Å². The summed E-state index contributed by atoms with van der Waals surface area (Å²) in [5.41, 5.74) is 5.82. The van der Waals surface area contributed by atoms with Gasteiger partial charge >= 0.3 is 0 Å². The van der Waals surface area contributed by atoms with Crippen molar-refractivity contribution in [3.05, 3.63) is 0 Å². The second-order valence-corrected chi connectivity index (χ2v) is 6.86. The SMILES string of the molecule is CC1CN(C(=O)C(N)C(C)(C)C)CCS1. The van der Waals surface area contributed by atoms with E-state index in [1.54, 1.807) is 0 Å². The summed E-state index contributed by atoms with van der Waals surface area (Å²) in [4.78, 5) is 14.0. The van der Waals surface area contributed by atoms with E-state index in [1.807, 2.05) is 37.4 Å². The first-order valence-corrected chi connectivity index (χ1v) is 6.53. The molecule has 1 heterocycles. The standard InChI is InChI=1S/C11H22N2OS/c1-8-7-13(5-6-15-8)10(14)9(12)11(2,3)4/h8-9H,5-7,12H2,1-4H3. The van der Waals surface area contributed by atoms with Crippen molar-refractivity contribution in [2.45, 2.75) is 39.0 Å². The van der Waals surface area contributed by atoms with Gasteiger partial charge in [0, 0.05) is 24.1 Å². The highest BCUT2D eigenvalue weighted by Crippen LogP contribution is 2.23. The van der Waals surface area contributed by atoms with Crippen LogP contribution in [0.15, 0.2) is 0 Å².